The maximum Gasteiger partial charge on any atom is 0.160 e. The van der Waals surface area contributed by atoms with Gasteiger partial charge in [-0.15, -0.1) is 11.3 Å². The van der Waals surface area contributed by atoms with E-state index in [4.69, 9.17) is 10.7 Å². The molecule has 5 aromatic rings. The summed E-state index contributed by atoms with van der Waals surface area (Å²) in [7, 11) is 0. The average molecular weight is 675 g/mol. The monoisotopic (exact) mass is 674 g/mol. The van der Waals surface area contributed by atoms with Crippen molar-refractivity contribution < 1.29 is 0 Å². The van der Waals surface area contributed by atoms with Gasteiger partial charge in [-0.05, 0) is 53.1 Å². The Morgan fingerprint density at radius 1 is 0.686 bits per heavy atom. The van der Waals surface area contributed by atoms with Crippen LogP contribution in [0.1, 0.15) is 49.7 Å². The van der Waals surface area contributed by atoms with Gasteiger partial charge in [0, 0.05) is 61.8 Å². The number of nitrogens with two attached hydrogens (primary N) is 1. The molecule has 1 aliphatic heterocycles. The van der Waals surface area contributed by atoms with E-state index in [-0.39, 0.29) is 28.6 Å². The number of hydrogen-bond acceptors (Lipinski definition) is 13. The summed E-state index contributed by atoms with van der Waals surface area (Å²) in [4.78, 5) is 19.5. The van der Waals surface area contributed by atoms with Crippen molar-refractivity contribution in [2.24, 2.45) is 5.73 Å². The predicted molar refractivity (Wildman–Crippen MR) is 185 cm³/mol. The zero-order chi connectivity index (χ0) is 35.4. The van der Waals surface area contributed by atoms with E-state index in [1.807, 2.05) is 48.5 Å². The van der Waals surface area contributed by atoms with Gasteiger partial charge in [-0.2, -0.15) is 31.6 Å². The van der Waals surface area contributed by atoms with Gasteiger partial charge in [0.1, 0.15) is 58.9 Å². The minimum absolute atomic E-state index is 0.0477. The van der Waals surface area contributed by atoms with E-state index in [9.17, 15) is 31.6 Å². The zero-order valence-corrected chi connectivity index (χ0v) is 27.1. The molecule has 2 aliphatic carbocycles. The van der Waals surface area contributed by atoms with Crippen molar-refractivity contribution in [3.8, 4) is 81.4 Å². The van der Waals surface area contributed by atoms with Crippen LogP contribution in [0.15, 0.2) is 59.7 Å². The Hall–Kier alpha value is -7.36. The number of allylic oxidation sites excluding steroid dienone is 2. The van der Waals surface area contributed by atoms with Crippen LogP contribution in [-0.4, -0.2) is 33.0 Å². The fourth-order valence-electron chi connectivity index (χ4n) is 6.59. The Kier molecular flexibility index (Phi) is 7.25. The first kappa shape index (κ1) is 30.9. The molecule has 0 amide bonds. The Balaban J connectivity index is 1.36. The van der Waals surface area contributed by atoms with Gasteiger partial charge < -0.3 is 11.1 Å². The van der Waals surface area contributed by atoms with Gasteiger partial charge in [0.15, 0.2) is 11.6 Å². The fourth-order valence-corrected chi connectivity index (χ4v) is 8.05. The molecule has 12 nitrogen and oxygen atoms in total. The van der Waals surface area contributed by atoms with Crippen LogP contribution in [0.25, 0.3) is 56.2 Å². The third-order valence-corrected chi connectivity index (χ3v) is 10.1. The first-order valence-electron chi connectivity index (χ1n) is 15.5. The molecule has 0 radical (unpaired) electrons. The summed E-state index contributed by atoms with van der Waals surface area (Å²) in [6.07, 6.45) is 0.454. The smallest absolute Gasteiger partial charge is 0.160 e. The molecule has 3 aromatic heterocycles. The van der Waals surface area contributed by atoms with Crippen molar-refractivity contribution in [3.63, 3.8) is 0 Å². The van der Waals surface area contributed by atoms with Crippen LogP contribution in [0.3, 0.4) is 0 Å². The van der Waals surface area contributed by atoms with E-state index < -0.39 is 0 Å². The van der Waals surface area contributed by atoms with Gasteiger partial charge in [-0.3, -0.25) is 0 Å². The largest absolute Gasteiger partial charge is 0.330 e. The van der Waals surface area contributed by atoms with Gasteiger partial charge in [0.2, 0.25) is 0 Å². The zero-order valence-electron chi connectivity index (χ0n) is 26.3. The topological polar surface area (TPSA) is 242 Å². The number of benzene rings is 2. The number of fused-ring (bicyclic) bond motifs is 7. The molecule has 1 fully saturated rings. The summed E-state index contributed by atoms with van der Waals surface area (Å²) in [6, 6.07) is 26.8. The second kappa shape index (κ2) is 12.0. The summed E-state index contributed by atoms with van der Waals surface area (Å²) in [5.41, 5.74) is 13.7. The normalized spacial score (nSPS) is 14.0. The van der Waals surface area contributed by atoms with Gasteiger partial charge >= 0.3 is 0 Å². The Morgan fingerprint density at radius 2 is 1.20 bits per heavy atom. The lowest BCUT2D eigenvalue weighted by Gasteiger charge is -2.09. The molecule has 0 saturated carbocycles. The molecule has 13 heteroatoms. The van der Waals surface area contributed by atoms with Crippen LogP contribution >= 0.6 is 11.3 Å². The summed E-state index contributed by atoms with van der Waals surface area (Å²) in [6.45, 7) is 1.10. The number of thiophene rings is 1. The first-order valence-corrected chi connectivity index (χ1v) is 16.3. The standard InChI is InChI=1S/C38H18N12S/c39-6-5-22-9-23(15-44)48-37(47-22)18-1-3-25-27(7-18)31(20(11-40)12-41)35-33(25)34-26-4-2-19(8-28(26)32(36(34)51-35)21(13-42)14-43)38-49-24(16-45)10-29(50-38)30-17-46-30/h1-4,7-10,30,46H,5-6,17,39H2. The quantitative estimate of drug-likeness (QED) is 0.177. The van der Waals surface area contributed by atoms with Crippen LogP contribution in [0.5, 0.6) is 0 Å². The molecular formula is C38H18N12S. The summed E-state index contributed by atoms with van der Waals surface area (Å²) in [5, 5.41) is 62.9. The highest BCUT2D eigenvalue weighted by molar-refractivity contribution is 7.16. The molecule has 236 valence electrons. The Labute approximate surface area is 294 Å². The number of hydrogen-bond donors (Lipinski definition) is 2. The van der Waals surface area contributed by atoms with Crippen molar-refractivity contribution in [1.29, 1.82) is 31.6 Å². The molecule has 3 aliphatic rings. The van der Waals surface area contributed by atoms with Gasteiger partial charge in [-0.25, -0.2) is 19.9 Å². The second-order valence-electron chi connectivity index (χ2n) is 11.8. The second-order valence-corrected chi connectivity index (χ2v) is 12.8. The van der Waals surface area contributed by atoms with E-state index in [0.717, 1.165) is 28.8 Å². The van der Waals surface area contributed by atoms with E-state index in [1.54, 1.807) is 12.1 Å². The molecule has 0 spiro atoms. The maximum absolute atomic E-state index is 10.1. The van der Waals surface area contributed by atoms with E-state index >= 15 is 0 Å². The third-order valence-electron chi connectivity index (χ3n) is 8.86. The lowest BCUT2D eigenvalue weighted by Crippen LogP contribution is -2.06. The maximum atomic E-state index is 10.1. The van der Waals surface area contributed by atoms with Crippen molar-refractivity contribution in [2.75, 3.05) is 13.1 Å². The lowest BCUT2D eigenvalue weighted by molar-refractivity contribution is 0.910. The Bertz CT molecular complexity index is 2710. The summed E-state index contributed by atoms with van der Waals surface area (Å²) in [5.74, 6) is 0.665. The SMILES string of the molecule is N#CC(C#N)=C1c2cc(-c3nc(C#N)cc(CCN)n3)ccc2-c2c1sc1c2-c2ccc(-c3nc(C#N)cc(C4CN4)n3)cc2C1=C(C#N)C#N. The van der Waals surface area contributed by atoms with Crippen LogP contribution < -0.4 is 11.1 Å². The highest BCUT2D eigenvalue weighted by Crippen LogP contribution is 2.61. The molecule has 8 rings (SSSR count). The Morgan fingerprint density at radius 3 is 1.67 bits per heavy atom. The molecule has 2 aromatic carbocycles. The third kappa shape index (κ3) is 4.84. The van der Waals surface area contributed by atoms with E-state index in [1.165, 1.54) is 11.3 Å². The molecule has 0 bridgehead atoms. The van der Waals surface area contributed by atoms with Crippen molar-refractivity contribution in [1.82, 2.24) is 25.3 Å². The van der Waals surface area contributed by atoms with Crippen LogP contribution in [0.4, 0.5) is 0 Å². The van der Waals surface area contributed by atoms with Gasteiger partial charge in [0.05, 0.1) is 11.7 Å². The van der Waals surface area contributed by atoms with Crippen molar-refractivity contribution in [2.45, 2.75) is 12.5 Å². The number of rotatable bonds is 5. The number of nitriles is 6. The molecule has 3 N–H and O–H groups in total. The minimum Gasteiger partial charge on any atom is -0.330 e. The van der Waals surface area contributed by atoms with E-state index in [0.29, 0.717) is 79.2 Å². The van der Waals surface area contributed by atoms with Crippen LogP contribution in [-0.2, 0) is 6.42 Å². The molecular weight excluding hydrogens is 657 g/mol. The number of nitrogens with zero attached hydrogens (tertiary/aromatic N) is 10. The average Bonchev–Trinajstić information content (AvgIpc) is 3.81. The lowest BCUT2D eigenvalue weighted by atomic mass is 9.96. The van der Waals surface area contributed by atoms with E-state index in [2.05, 4.69) is 44.5 Å². The van der Waals surface area contributed by atoms with Crippen LogP contribution in [0.2, 0.25) is 0 Å². The number of aromatic nitrogens is 4. The molecule has 1 saturated heterocycles. The summed E-state index contributed by atoms with van der Waals surface area (Å²) >= 11 is 1.31. The molecule has 4 heterocycles. The summed E-state index contributed by atoms with van der Waals surface area (Å²) < 4.78 is 0. The van der Waals surface area contributed by atoms with Gasteiger partial charge in [-0.1, -0.05) is 24.3 Å². The molecule has 1 atom stereocenters. The predicted octanol–water partition coefficient (Wildman–Crippen LogP) is 5.21. The van der Waals surface area contributed by atoms with Crippen LogP contribution in [0, 0.1) is 68.0 Å². The molecule has 1 unspecified atom stereocenters. The fraction of sp³-hybridized carbons (Fsp3) is 0.105. The highest BCUT2D eigenvalue weighted by atomic mass is 32.1. The van der Waals surface area contributed by atoms with Crippen molar-refractivity contribution >= 4 is 22.5 Å². The molecule has 51 heavy (non-hydrogen) atoms. The number of nitrogens with one attached hydrogen (secondary N) is 1. The van der Waals surface area contributed by atoms with Gasteiger partial charge in [0.25, 0.3) is 0 Å². The minimum atomic E-state index is -0.0973. The first-order chi connectivity index (χ1) is 24.9. The highest BCUT2D eigenvalue weighted by Gasteiger charge is 2.40. The van der Waals surface area contributed by atoms with Crippen molar-refractivity contribution in [3.05, 3.63) is 103 Å².